The molecule has 1 aliphatic rings. The smallest absolute Gasteiger partial charge is 0.251 e. The minimum absolute atomic E-state index is 0.0386. The monoisotopic (exact) mass is 385 g/mol. The molecule has 3 aromatic rings. The Morgan fingerprint density at radius 1 is 1.03 bits per heavy atom. The maximum Gasteiger partial charge on any atom is 0.251 e. The summed E-state index contributed by atoms with van der Waals surface area (Å²) in [5.74, 6) is 1.48. The minimum atomic E-state index is -0.0583. The summed E-state index contributed by atoms with van der Waals surface area (Å²) < 4.78 is 11.6. The Morgan fingerprint density at radius 2 is 1.76 bits per heavy atom. The van der Waals surface area contributed by atoms with Crippen molar-refractivity contribution in [1.29, 1.82) is 0 Å². The second-order valence-corrected chi connectivity index (χ2v) is 7.02. The van der Waals surface area contributed by atoms with Gasteiger partial charge in [0.05, 0.1) is 12.2 Å². The number of amides is 1. The molecule has 146 valence electrons. The van der Waals surface area contributed by atoms with Gasteiger partial charge in [0.2, 0.25) is 0 Å². The van der Waals surface area contributed by atoms with Gasteiger partial charge in [0.15, 0.2) is 0 Å². The van der Waals surface area contributed by atoms with Crippen LogP contribution in [0.4, 0.5) is 5.69 Å². The van der Waals surface area contributed by atoms with Gasteiger partial charge in [0, 0.05) is 6.08 Å². The molecule has 0 saturated carbocycles. The summed E-state index contributed by atoms with van der Waals surface area (Å²) in [7, 11) is 0. The molecular weight excluding hydrogens is 362 g/mol. The van der Waals surface area contributed by atoms with Gasteiger partial charge in [-0.05, 0) is 48.4 Å². The third kappa shape index (κ3) is 4.66. The molecule has 4 heteroatoms. The van der Waals surface area contributed by atoms with Gasteiger partial charge in [-0.15, -0.1) is 0 Å². The van der Waals surface area contributed by atoms with Gasteiger partial charge < -0.3 is 14.4 Å². The van der Waals surface area contributed by atoms with Gasteiger partial charge in [-0.25, -0.2) is 0 Å². The summed E-state index contributed by atoms with van der Waals surface area (Å²) in [6.45, 7) is 3.03. The fourth-order valence-corrected chi connectivity index (χ4v) is 3.27. The molecule has 29 heavy (non-hydrogen) atoms. The second kappa shape index (κ2) is 8.65. The van der Waals surface area contributed by atoms with Gasteiger partial charge in [-0.3, -0.25) is 4.79 Å². The number of carbonyl (C=O) groups excluding carboxylic acids is 1. The average molecular weight is 385 g/mol. The molecule has 0 saturated heterocycles. The number of carbonyl (C=O) groups is 1. The highest BCUT2D eigenvalue weighted by Gasteiger charge is 2.25. The lowest BCUT2D eigenvalue weighted by Crippen LogP contribution is -2.41. The number of para-hydroxylation sites is 2. The molecule has 0 fully saturated rings. The van der Waals surface area contributed by atoms with Crippen molar-refractivity contribution < 1.29 is 14.3 Å². The van der Waals surface area contributed by atoms with Crippen molar-refractivity contribution in [2.75, 3.05) is 11.4 Å². The van der Waals surface area contributed by atoms with E-state index in [0.717, 1.165) is 28.3 Å². The molecular formula is C25H23NO3. The van der Waals surface area contributed by atoms with Gasteiger partial charge in [0.25, 0.3) is 5.91 Å². The Kier molecular flexibility index (Phi) is 5.61. The van der Waals surface area contributed by atoms with Crippen molar-refractivity contribution in [1.82, 2.24) is 0 Å². The van der Waals surface area contributed by atoms with Crippen LogP contribution in [0.2, 0.25) is 0 Å². The fraction of sp³-hybridized carbons (Fsp3) is 0.160. The normalized spacial score (nSPS) is 15.6. The highest BCUT2D eigenvalue weighted by molar-refractivity contribution is 6.05. The van der Waals surface area contributed by atoms with E-state index in [-0.39, 0.29) is 12.0 Å². The largest absolute Gasteiger partial charge is 0.489 e. The van der Waals surface area contributed by atoms with E-state index in [4.69, 9.17) is 9.47 Å². The molecule has 1 amide bonds. The fourth-order valence-electron chi connectivity index (χ4n) is 3.27. The summed E-state index contributed by atoms with van der Waals surface area (Å²) in [5.41, 5.74) is 2.88. The van der Waals surface area contributed by atoms with Gasteiger partial charge >= 0.3 is 0 Å². The SMILES string of the molecule is CC1CN(C(=O)/C=C/c2ccc(OCc3ccccc3)cc2)c2ccccc2O1. The summed E-state index contributed by atoms with van der Waals surface area (Å²) in [6, 6.07) is 25.4. The Balaban J connectivity index is 1.39. The predicted molar refractivity (Wildman–Crippen MR) is 115 cm³/mol. The molecule has 4 rings (SSSR count). The number of fused-ring (bicyclic) bond motifs is 1. The van der Waals surface area contributed by atoms with Crippen LogP contribution >= 0.6 is 0 Å². The van der Waals surface area contributed by atoms with E-state index in [1.54, 1.807) is 11.0 Å². The van der Waals surface area contributed by atoms with Gasteiger partial charge in [-0.1, -0.05) is 54.6 Å². The summed E-state index contributed by atoms with van der Waals surface area (Å²) in [4.78, 5) is 14.5. The third-order valence-corrected chi connectivity index (χ3v) is 4.74. The molecule has 0 N–H and O–H groups in total. The zero-order chi connectivity index (χ0) is 20.1. The maximum absolute atomic E-state index is 12.8. The van der Waals surface area contributed by atoms with E-state index in [0.29, 0.717) is 13.2 Å². The number of anilines is 1. The Bertz CT molecular complexity index is 996. The molecule has 0 radical (unpaired) electrons. The summed E-state index contributed by atoms with van der Waals surface area (Å²) in [6.07, 6.45) is 3.39. The van der Waals surface area contributed by atoms with E-state index in [9.17, 15) is 4.79 Å². The van der Waals surface area contributed by atoms with Crippen LogP contribution < -0.4 is 14.4 Å². The molecule has 1 aliphatic heterocycles. The molecule has 0 bridgehead atoms. The highest BCUT2D eigenvalue weighted by Crippen LogP contribution is 2.33. The van der Waals surface area contributed by atoms with E-state index in [1.165, 1.54) is 0 Å². The molecule has 1 atom stereocenters. The first-order chi connectivity index (χ1) is 14.2. The van der Waals surface area contributed by atoms with Crippen molar-refractivity contribution >= 4 is 17.7 Å². The first-order valence-electron chi connectivity index (χ1n) is 9.71. The minimum Gasteiger partial charge on any atom is -0.489 e. The van der Waals surface area contributed by atoms with Crippen LogP contribution in [-0.2, 0) is 11.4 Å². The number of nitrogens with zero attached hydrogens (tertiary/aromatic N) is 1. The Morgan fingerprint density at radius 3 is 2.55 bits per heavy atom. The van der Waals surface area contributed by atoms with Crippen LogP contribution in [0.15, 0.2) is 84.9 Å². The Labute approximate surface area is 171 Å². The van der Waals surface area contributed by atoms with Crippen molar-refractivity contribution in [3.8, 4) is 11.5 Å². The number of hydrogen-bond acceptors (Lipinski definition) is 3. The zero-order valence-electron chi connectivity index (χ0n) is 16.3. The zero-order valence-corrected chi connectivity index (χ0v) is 16.3. The van der Waals surface area contributed by atoms with Crippen molar-refractivity contribution in [3.05, 3.63) is 96.1 Å². The first kappa shape index (κ1) is 18.8. The van der Waals surface area contributed by atoms with E-state index in [2.05, 4.69) is 0 Å². The van der Waals surface area contributed by atoms with E-state index in [1.807, 2.05) is 91.9 Å². The van der Waals surface area contributed by atoms with E-state index < -0.39 is 0 Å². The second-order valence-electron chi connectivity index (χ2n) is 7.02. The lowest BCUT2D eigenvalue weighted by Gasteiger charge is -2.32. The quantitative estimate of drug-likeness (QED) is 0.574. The van der Waals surface area contributed by atoms with Crippen LogP contribution in [0.25, 0.3) is 6.08 Å². The van der Waals surface area contributed by atoms with E-state index >= 15 is 0 Å². The van der Waals surface area contributed by atoms with Gasteiger partial charge in [-0.2, -0.15) is 0 Å². The van der Waals surface area contributed by atoms with Crippen molar-refractivity contribution in [2.45, 2.75) is 19.6 Å². The predicted octanol–water partition coefficient (Wildman–Crippen LogP) is 5.09. The maximum atomic E-state index is 12.8. The van der Waals surface area contributed by atoms with Crippen LogP contribution in [0.3, 0.4) is 0 Å². The molecule has 0 spiro atoms. The lowest BCUT2D eigenvalue weighted by molar-refractivity contribution is -0.114. The first-order valence-corrected chi connectivity index (χ1v) is 9.71. The van der Waals surface area contributed by atoms with Crippen molar-refractivity contribution in [2.24, 2.45) is 0 Å². The highest BCUT2D eigenvalue weighted by atomic mass is 16.5. The number of hydrogen-bond donors (Lipinski definition) is 0. The number of benzene rings is 3. The van der Waals surface area contributed by atoms with Crippen LogP contribution in [0.1, 0.15) is 18.1 Å². The standard InChI is InChI=1S/C25H23NO3/c1-19-17-26(23-9-5-6-10-24(23)29-19)25(27)16-13-20-11-14-22(15-12-20)28-18-21-7-3-2-4-8-21/h2-16,19H,17-18H2,1H3/b16-13+. The topological polar surface area (TPSA) is 38.8 Å². The molecule has 1 unspecified atom stereocenters. The third-order valence-electron chi connectivity index (χ3n) is 4.74. The molecule has 1 heterocycles. The molecule has 4 nitrogen and oxygen atoms in total. The number of rotatable bonds is 5. The molecule has 0 aliphatic carbocycles. The summed E-state index contributed by atoms with van der Waals surface area (Å²) in [5, 5.41) is 0. The van der Waals surface area contributed by atoms with Crippen LogP contribution in [0, 0.1) is 0 Å². The molecule has 0 aromatic heterocycles. The van der Waals surface area contributed by atoms with Crippen LogP contribution in [-0.4, -0.2) is 18.6 Å². The lowest BCUT2D eigenvalue weighted by atomic mass is 10.1. The Hall–Kier alpha value is -3.53. The molecule has 3 aromatic carbocycles. The summed E-state index contributed by atoms with van der Waals surface area (Å²) >= 11 is 0. The van der Waals surface area contributed by atoms with Gasteiger partial charge in [0.1, 0.15) is 24.2 Å². The van der Waals surface area contributed by atoms with Crippen molar-refractivity contribution in [3.63, 3.8) is 0 Å². The number of ether oxygens (including phenoxy) is 2. The average Bonchev–Trinajstić information content (AvgIpc) is 2.77. The van der Waals surface area contributed by atoms with Crippen LogP contribution in [0.5, 0.6) is 11.5 Å².